The van der Waals surface area contributed by atoms with Crippen LogP contribution in [0.3, 0.4) is 0 Å². The Labute approximate surface area is 183 Å². The zero-order valence-electron chi connectivity index (χ0n) is 18.5. The fourth-order valence-corrected chi connectivity index (χ4v) is 4.89. The van der Waals surface area contributed by atoms with Crippen molar-refractivity contribution in [3.05, 3.63) is 58.4 Å². The van der Waals surface area contributed by atoms with Crippen LogP contribution in [0, 0.1) is 0 Å². The number of likely N-dealkylation sites (tertiary alicyclic amines) is 1. The van der Waals surface area contributed by atoms with Crippen LogP contribution in [0.4, 0.5) is 4.39 Å². The predicted octanol–water partition coefficient (Wildman–Crippen LogP) is 4.11. The average Bonchev–Trinajstić information content (AvgIpc) is 3.10. The first-order chi connectivity index (χ1) is 15.1. The lowest BCUT2D eigenvalue weighted by Gasteiger charge is -2.44. The van der Waals surface area contributed by atoms with Crippen molar-refractivity contribution in [3.63, 3.8) is 0 Å². The molecular formula is C24H33FN4O2. The summed E-state index contributed by atoms with van der Waals surface area (Å²) in [4.78, 5) is 15.0. The standard InChI is InChI=1S/C24H33FN4O2/c1-3-20-16-21(31-17-19-9-4-5-10-22(19)25)15-18(2)27(20)13-8-14-29-24(30)28-12-7-6-11-23(28)26-29/h4,6-7,9,11-12,18,20-21H,3,5,8,10,13-17H2,1-2H3. The van der Waals surface area contributed by atoms with Crippen LogP contribution in [0.1, 0.15) is 52.4 Å². The molecule has 6 nitrogen and oxygen atoms in total. The third-order valence-corrected chi connectivity index (χ3v) is 6.59. The molecule has 1 fully saturated rings. The Morgan fingerprint density at radius 1 is 1.26 bits per heavy atom. The van der Waals surface area contributed by atoms with E-state index in [-0.39, 0.29) is 17.6 Å². The van der Waals surface area contributed by atoms with Gasteiger partial charge in [-0.1, -0.05) is 25.1 Å². The van der Waals surface area contributed by atoms with Gasteiger partial charge in [0.2, 0.25) is 0 Å². The maximum atomic E-state index is 14.0. The van der Waals surface area contributed by atoms with E-state index < -0.39 is 0 Å². The molecule has 0 spiro atoms. The van der Waals surface area contributed by atoms with Crippen LogP contribution in [0.25, 0.3) is 5.65 Å². The van der Waals surface area contributed by atoms with E-state index in [1.807, 2.05) is 30.4 Å². The van der Waals surface area contributed by atoms with Crippen LogP contribution >= 0.6 is 0 Å². The fourth-order valence-electron chi connectivity index (χ4n) is 4.89. The van der Waals surface area contributed by atoms with Gasteiger partial charge in [-0.05, 0) is 51.2 Å². The summed E-state index contributed by atoms with van der Waals surface area (Å²) in [6.07, 6.45) is 10.9. The van der Waals surface area contributed by atoms with Crippen molar-refractivity contribution in [2.24, 2.45) is 0 Å². The third-order valence-electron chi connectivity index (χ3n) is 6.59. The predicted molar refractivity (Wildman–Crippen MR) is 120 cm³/mol. The molecule has 2 aromatic heterocycles. The molecule has 4 rings (SSSR count). The number of hydrogen-bond acceptors (Lipinski definition) is 4. The summed E-state index contributed by atoms with van der Waals surface area (Å²) in [5, 5.41) is 4.43. The number of pyridine rings is 1. The van der Waals surface area contributed by atoms with E-state index in [4.69, 9.17) is 4.74 Å². The number of fused-ring (bicyclic) bond motifs is 1. The van der Waals surface area contributed by atoms with Crippen molar-refractivity contribution in [3.8, 4) is 0 Å². The summed E-state index contributed by atoms with van der Waals surface area (Å²) in [5.41, 5.74) is 1.30. The van der Waals surface area contributed by atoms with Gasteiger partial charge in [0.15, 0.2) is 5.65 Å². The van der Waals surface area contributed by atoms with Gasteiger partial charge in [-0.25, -0.2) is 13.9 Å². The van der Waals surface area contributed by atoms with Gasteiger partial charge in [0, 0.05) is 43.4 Å². The highest BCUT2D eigenvalue weighted by atomic mass is 19.1. The Kier molecular flexibility index (Phi) is 7.02. The summed E-state index contributed by atoms with van der Waals surface area (Å²) in [5.74, 6) is -0.0257. The first-order valence-corrected chi connectivity index (χ1v) is 11.5. The molecule has 31 heavy (non-hydrogen) atoms. The fraction of sp³-hybridized carbons (Fsp3) is 0.583. The molecule has 0 aromatic carbocycles. The van der Waals surface area contributed by atoms with Crippen LogP contribution in [-0.4, -0.2) is 50.4 Å². The molecule has 3 atom stereocenters. The van der Waals surface area contributed by atoms with Crippen molar-refractivity contribution in [1.82, 2.24) is 19.1 Å². The van der Waals surface area contributed by atoms with Gasteiger partial charge < -0.3 is 4.74 Å². The number of ether oxygens (including phenoxy) is 1. The number of allylic oxidation sites excluding steroid dienone is 2. The Bertz CT molecular complexity index is 1010. The average molecular weight is 429 g/mol. The molecule has 0 saturated carbocycles. The van der Waals surface area contributed by atoms with Gasteiger partial charge in [0.25, 0.3) is 0 Å². The van der Waals surface area contributed by atoms with Gasteiger partial charge in [-0.15, -0.1) is 5.10 Å². The molecule has 3 heterocycles. The Morgan fingerprint density at radius 3 is 2.90 bits per heavy atom. The summed E-state index contributed by atoms with van der Waals surface area (Å²) < 4.78 is 23.3. The van der Waals surface area contributed by atoms with Crippen molar-refractivity contribution in [2.75, 3.05) is 13.2 Å². The van der Waals surface area contributed by atoms with E-state index in [0.717, 1.165) is 38.6 Å². The van der Waals surface area contributed by atoms with Crippen LogP contribution in [0.15, 0.2) is 52.7 Å². The van der Waals surface area contributed by atoms with Gasteiger partial charge in [-0.2, -0.15) is 0 Å². The minimum absolute atomic E-state index is 0.0257. The van der Waals surface area contributed by atoms with Crippen LogP contribution in [-0.2, 0) is 11.3 Å². The Hall–Kier alpha value is -2.25. The number of hydrogen-bond donors (Lipinski definition) is 0. The molecule has 1 aliphatic heterocycles. The van der Waals surface area contributed by atoms with Crippen molar-refractivity contribution >= 4 is 5.65 Å². The van der Waals surface area contributed by atoms with Gasteiger partial charge in [-0.3, -0.25) is 9.30 Å². The summed E-state index contributed by atoms with van der Waals surface area (Å²) in [6, 6.07) is 6.41. The second-order valence-corrected chi connectivity index (χ2v) is 8.71. The molecule has 0 bridgehead atoms. The second-order valence-electron chi connectivity index (χ2n) is 8.71. The van der Waals surface area contributed by atoms with Gasteiger partial charge in [0.1, 0.15) is 5.83 Å². The largest absolute Gasteiger partial charge is 0.373 e. The van der Waals surface area contributed by atoms with Crippen LogP contribution < -0.4 is 5.69 Å². The first kappa shape index (κ1) is 22.0. The lowest BCUT2D eigenvalue weighted by Crippen LogP contribution is -2.50. The smallest absolute Gasteiger partial charge is 0.350 e. The minimum Gasteiger partial charge on any atom is -0.373 e. The lowest BCUT2D eigenvalue weighted by atomic mass is 9.92. The van der Waals surface area contributed by atoms with E-state index in [2.05, 4.69) is 23.8 Å². The summed E-state index contributed by atoms with van der Waals surface area (Å²) in [7, 11) is 0. The number of rotatable bonds is 8. The normalized spacial score (nSPS) is 24.9. The quantitative estimate of drug-likeness (QED) is 0.635. The maximum absolute atomic E-state index is 14.0. The molecule has 7 heteroatoms. The molecule has 0 N–H and O–H groups in total. The Morgan fingerprint density at radius 2 is 2.13 bits per heavy atom. The number of nitrogens with zero attached hydrogens (tertiary/aromatic N) is 4. The van der Waals surface area contributed by atoms with E-state index in [0.29, 0.717) is 42.9 Å². The van der Waals surface area contributed by atoms with E-state index in [1.165, 1.54) is 0 Å². The molecule has 0 amide bonds. The highest BCUT2D eigenvalue weighted by Crippen LogP contribution is 2.29. The van der Waals surface area contributed by atoms with Crippen molar-refractivity contribution in [2.45, 2.75) is 77.1 Å². The maximum Gasteiger partial charge on any atom is 0.350 e. The second kappa shape index (κ2) is 9.92. The van der Waals surface area contributed by atoms with Crippen LogP contribution in [0.5, 0.6) is 0 Å². The monoisotopic (exact) mass is 428 g/mol. The zero-order valence-corrected chi connectivity index (χ0v) is 18.5. The summed E-state index contributed by atoms with van der Waals surface area (Å²) >= 11 is 0. The highest BCUT2D eigenvalue weighted by Gasteiger charge is 2.32. The molecule has 1 saturated heterocycles. The van der Waals surface area contributed by atoms with E-state index in [1.54, 1.807) is 15.3 Å². The number of aromatic nitrogens is 3. The number of halogens is 1. The molecule has 168 valence electrons. The molecule has 2 aliphatic rings. The van der Waals surface area contributed by atoms with E-state index in [9.17, 15) is 9.18 Å². The zero-order chi connectivity index (χ0) is 21.8. The van der Waals surface area contributed by atoms with Crippen LogP contribution in [0.2, 0.25) is 0 Å². The number of piperidine rings is 1. The molecule has 0 radical (unpaired) electrons. The minimum atomic E-state index is -0.0823. The molecular weight excluding hydrogens is 395 g/mol. The first-order valence-electron chi connectivity index (χ1n) is 11.5. The third kappa shape index (κ3) is 4.99. The van der Waals surface area contributed by atoms with Crippen molar-refractivity contribution < 1.29 is 9.13 Å². The molecule has 3 unspecified atom stereocenters. The van der Waals surface area contributed by atoms with E-state index >= 15 is 0 Å². The number of aryl methyl sites for hydroxylation is 1. The molecule has 2 aromatic rings. The lowest BCUT2D eigenvalue weighted by molar-refractivity contribution is -0.0321. The SMILES string of the molecule is CCC1CC(OCC2=C(F)CCC=C2)CC(C)N1CCCn1nc2ccccn2c1=O. The van der Waals surface area contributed by atoms with Gasteiger partial charge in [0.05, 0.1) is 12.7 Å². The highest BCUT2D eigenvalue weighted by molar-refractivity contribution is 5.35. The van der Waals surface area contributed by atoms with Crippen molar-refractivity contribution in [1.29, 1.82) is 0 Å². The summed E-state index contributed by atoms with van der Waals surface area (Å²) in [6.45, 7) is 6.36. The Balaban J connectivity index is 1.31. The topological polar surface area (TPSA) is 51.8 Å². The van der Waals surface area contributed by atoms with Gasteiger partial charge >= 0.3 is 5.69 Å². The molecule has 1 aliphatic carbocycles.